The second kappa shape index (κ2) is 8.85. The summed E-state index contributed by atoms with van der Waals surface area (Å²) in [5.41, 5.74) is 2.16. The lowest BCUT2D eigenvalue weighted by molar-refractivity contribution is 0.0659. The van der Waals surface area contributed by atoms with Crippen LogP contribution in [0.25, 0.3) is 11.4 Å². The summed E-state index contributed by atoms with van der Waals surface area (Å²) < 4.78 is 5.14. The van der Waals surface area contributed by atoms with Crippen molar-refractivity contribution < 1.29 is 9.53 Å². The molecule has 138 valence electrons. The van der Waals surface area contributed by atoms with Gasteiger partial charge >= 0.3 is 0 Å². The number of aryl methyl sites for hydroxylation is 1. The Bertz CT molecular complexity index is 736. The minimum Gasteiger partial charge on any atom is -0.385 e. The van der Waals surface area contributed by atoms with Crippen molar-refractivity contribution in [1.29, 1.82) is 0 Å². The third kappa shape index (κ3) is 4.43. The molecule has 1 fully saturated rings. The maximum atomic E-state index is 13.0. The molecule has 1 atom stereocenters. The predicted octanol–water partition coefficient (Wildman–Crippen LogP) is 3.13. The van der Waals surface area contributed by atoms with Crippen LogP contribution in [-0.2, 0) is 4.74 Å². The number of nitrogens with zero attached hydrogens (tertiary/aromatic N) is 4. The summed E-state index contributed by atoms with van der Waals surface area (Å²) in [6, 6.07) is 3.77. The number of methoxy groups -OCH3 is 1. The van der Waals surface area contributed by atoms with Gasteiger partial charge in [0, 0.05) is 51.0 Å². The Balaban J connectivity index is 1.69. The third-order valence-corrected chi connectivity index (χ3v) is 4.90. The van der Waals surface area contributed by atoms with E-state index < -0.39 is 0 Å². The van der Waals surface area contributed by atoms with E-state index in [9.17, 15) is 4.79 Å². The zero-order valence-electron chi connectivity index (χ0n) is 15.5. The van der Waals surface area contributed by atoms with Gasteiger partial charge in [0.2, 0.25) is 0 Å². The number of hydrogen-bond acceptors (Lipinski definition) is 5. The molecule has 0 saturated carbocycles. The Morgan fingerprint density at radius 1 is 1.38 bits per heavy atom. The molecule has 2 aromatic heterocycles. The smallest absolute Gasteiger partial charge is 0.257 e. The summed E-state index contributed by atoms with van der Waals surface area (Å²) in [6.07, 6.45) is 9.49. The van der Waals surface area contributed by atoms with Gasteiger partial charge in [0.15, 0.2) is 5.82 Å². The topological polar surface area (TPSA) is 68.2 Å². The molecule has 1 saturated heterocycles. The Kier molecular flexibility index (Phi) is 6.28. The van der Waals surface area contributed by atoms with Crippen molar-refractivity contribution >= 4 is 5.91 Å². The first-order valence-electron chi connectivity index (χ1n) is 9.21. The summed E-state index contributed by atoms with van der Waals surface area (Å²) >= 11 is 0. The van der Waals surface area contributed by atoms with E-state index >= 15 is 0 Å². The largest absolute Gasteiger partial charge is 0.385 e. The maximum Gasteiger partial charge on any atom is 0.257 e. The Hall–Kier alpha value is -2.34. The van der Waals surface area contributed by atoms with Crippen LogP contribution in [0.5, 0.6) is 0 Å². The molecule has 26 heavy (non-hydrogen) atoms. The summed E-state index contributed by atoms with van der Waals surface area (Å²) in [4.78, 5) is 27.9. The second-order valence-corrected chi connectivity index (χ2v) is 6.83. The number of amides is 1. The molecule has 3 heterocycles. The lowest BCUT2D eigenvalue weighted by Crippen LogP contribution is -2.40. The molecule has 0 aromatic carbocycles. The fourth-order valence-electron chi connectivity index (χ4n) is 3.48. The van der Waals surface area contributed by atoms with Crippen LogP contribution in [0.2, 0.25) is 0 Å². The summed E-state index contributed by atoms with van der Waals surface area (Å²) in [7, 11) is 1.73. The fraction of sp³-hybridized carbons (Fsp3) is 0.500. The van der Waals surface area contributed by atoms with Crippen LogP contribution in [-0.4, -0.2) is 52.6 Å². The van der Waals surface area contributed by atoms with Crippen molar-refractivity contribution in [2.45, 2.75) is 32.6 Å². The summed E-state index contributed by atoms with van der Waals surface area (Å²) in [5, 5.41) is 0. The highest BCUT2D eigenvalue weighted by molar-refractivity contribution is 5.95. The minimum absolute atomic E-state index is 0.0386. The van der Waals surface area contributed by atoms with Crippen molar-refractivity contribution in [3.05, 3.63) is 42.0 Å². The molecule has 0 N–H and O–H groups in total. The first kappa shape index (κ1) is 18.5. The zero-order chi connectivity index (χ0) is 18.4. The highest BCUT2D eigenvalue weighted by Gasteiger charge is 2.25. The quantitative estimate of drug-likeness (QED) is 0.746. The molecule has 1 aliphatic rings. The number of aromatic nitrogens is 3. The lowest BCUT2D eigenvalue weighted by atomic mass is 9.93. The highest BCUT2D eigenvalue weighted by Crippen LogP contribution is 2.23. The molecular formula is C20H26N4O2. The Morgan fingerprint density at radius 2 is 2.27 bits per heavy atom. The van der Waals surface area contributed by atoms with E-state index in [2.05, 4.69) is 15.0 Å². The van der Waals surface area contributed by atoms with E-state index in [-0.39, 0.29) is 5.91 Å². The van der Waals surface area contributed by atoms with Gasteiger partial charge in [0.1, 0.15) is 0 Å². The number of likely N-dealkylation sites (tertiary alicyclic amines) is 1. The summed E-state index contributed by atoms with van der Waals surface area (Å²) in [5.74, 6) is 1.19. The van der Waals surface area contributed by atoms with Gasteiger partial charge in [-0.05, 0) is 50.7 Å². The van der Waals surface area contributed by atoms with E-state index in [4.69, 9.17) is 4.74 Å². The normalized spacial score (nSPS) is 17.3. The van der Waals surface area contributed by atoms with Gasteiger partial charge in [0.25, 0.3) is 5.91 Å². The molecule has 3 rings (SSSR count). The minimum atomic E-state index is 0.0386. The van der Waals surface area contributed by atoms with Crippen molar-refractivity contribution in [3.8, 4) is 11.4 Å². The number of piperidine rings is 1. The molecule has 1 amide bonds. The van der Waals surface area contributed by atoms with Crippen molar-refractivity contribution in [3.63, 3.8) is 0 Å². The van der Waals surface area contributed by atoms with Crippen LogP contribution in [0.15, 0.2) is 30.7 Å². The van der Waals surface area contributed by atoms with Crippen LogP contribution < -0.4 is 0 Å². The number of rotatable bonds is 6. The van der Waals surface area contributed by atoms with E-state index in [1.54, 1.807) is 25.7 Å². The van der Waals surface area contributed by atoms with E-state index in [1.807, 2.05) is 24.0 Å². The molecule has 1 unspecified atom stereocenters. The van der Waals surface area contributed by atoms with Crippen LogP contribution in [0.3, 0.4) is 0 Å². The van der Waals surface area contributed by atoms with E-state index in [1.165, 1.54) is 6.42 Å². The Labute approximate surface area is 154 Å². The van der Waals surface area contributed by atoms with Crippen molar-refractivity contribution in [1.82, 2.24) is 19.9 Å². The van der Waals surface area contributed by atoms with Gasteiger partial charge in [0.05, 0.1) is 11.3 Å². The van der Waals surface area contributed by atoms with Gasteiger partial charge in [-0.3, -0.25) is 9.78 Å². The molecule has 0 aliphatic carbocycles. The number of pyridine rings is 1. The van der Waals surface area contributed by atoms with E-state index in [0.29, 0.717) is 23.0 Å². The second-order valence-electron chi connectivity index (χ2n) is 6.83. The third-order valence-electron chi connectivity index (χ3n) is 4.90. The number of carbonyl (C=O) groups excluding carboxylic acids is 1. The zero-order valence-corrected chi connectivity index (χ0v) is 15.5. The fourth-order valence-corrected chi connectivity index (χ4v) is 3.48. The monoisotopic (exact) mass is 354 g/mol. The van der Waals surface area contributed by atoms with Crippen LogP contribution in [0.1, 0.15) is 41.7 Å². The van der Waals surface area contributed by atoms with Crippen LogP contribution in [0, 0.1) is 12.8 Å². The average molecular weight is 354 g/mol. The van der Waals surface area contributed by atoms with Crippen LogP contribution >= 0.6 is 0 Å². The maximum absolute atomic E-state index is 13.0. The number of carbonyl (C=O) groups is 1. The van der Waals surface area contributed by atoms with E-state index in [0.717, 1.165) is 44.5 Å². The Morgan fingerprint density at radius 3 is 3.00 bits per heavy atom. The standard InChI is InChI=1S/C20H26N4O2/c1-15-18(13-22-19(23-15)17-8-3-9-21-12-17)20(25)24-10-4-6-16(14-24)7-5-11-26-2/h3,8-9,12-13,16H,4-7,10-11,14H2,1-2H3. The molecule has 6 nitrogen and oxygen atoms in total. The molecule has 0 spiro atoms. The highest BCUT2D eigenvalue weighted by atomic mass is 16.5. The first-order chi connectivity index (χ1) is 12.7. The number of ether oxygens (including phenoxy) is 1. The molecule has 1 aliphatic heterocycles. The van der Waals surface area contributed by atoms with Gasteiger partial charge in [-0.15, -0.1) is 0 Å². The molecule has 6 heteroatoms. The van der Waals surface area contributed by atoms with Gasteiger partial charge in [-0.2, -0.15) is 0 Å². The van der Waals surface area contributed by atoms with Gasteiger partial charge in [-0.25, -0.2) is 9.97 Å². The van der Waals surface area contributed by atoms with Crippen molar-refractivity contribution in [2.24, 2.45) is 5.92 Å². The molecular weight excluding hydrogens is 328 g/mol. The first-order valence-corrected chi connectivity index (χ1v) is 9.21. The van der Waals surface area contributed by atoms with Crippen LogP contribution in [0.4, 0.5) is 0 Å². The molecule has 0 radical (unpaired) electrons. The molecule has 0 bridgehead atoms. The lowest BCUT2D eigenvalue weighted by Gasteiger charge is -2.33. The molecule has 2 aromatic rings. The predicted molar refractivity (Wildman–Crippen MR) is 99.7 cm³/mol. The van der Waals surface area contributed by atoms with Crippen molar-refractivity contribution in [2.75, 3.05) is 26.8 Å². The van der Waals surface area contributed by atoms with Gasteiger partial charge < -0.3 is 9.64 Å². The SMILES string of the molecule is COCCCC1CCCN(C(=O)c2cnc(-c3cccnc3)nc2C)C1. The average Bonchev–Trinajstić information content (AvgIpc) is 2.68. The summed E-state index contributed by atoms with van der Waals surface area (Å²) in [6.45, 7) is 4.28. The number of hydrogen-bond donors (Lipinski definition) is 0. The van der Waals surface area contributed by atoms with Gasteiger partial charge in [-0.1, -0.05) is 0 Å².